The number of aryl methyl sites for hydroxylation is 1. The zero-order valence-corrected chi connectivity index (χ0v) is 14.7. The fraction of sp³-hybridized carbons (Fsp3) is 0.263. The summed E-state index contributed by atoms with van der Waals surface area (Å²) in [5.41, 5.74) is 2.44. The summed E-state index contributed by atoms with van der Waals surface area (Å²) in [5, 5.41) is 2.76. The number of benzene rings is 2. The third-order valence-electron chi connectivity index (χ3n) is 3.80. The van der Waals surface area contributed by atoms with Crippen LogP contribution in [-0.4, -0.2) is 33.2 Å². The fourth-order valence-electron chi connectivity index (χ4n) is 2.46. The van der Waals surface area contributed by atoms with Gasteiger partial charge in [-0.3, -0.25) is 4.79 Å². The molecule has 0 saturated carbocycles. The molecule has 0 radical (unpaired) electrons. The Bertz CT molecular complexity index is 785. The molecule has 2 rings (SSSR count). The van der Waals surface area contributed by atoms with E-state index in [0.29, 0.717) is 22.7 Å². The molecule has 132 valence electrons. The lowest BCUT2D eigenvalue weighted by Crippen LogP contribution is -2.17. The molecular weight excluding hydrogens is 322 g/mol. The summed E-state index contributed by atoms with van der Waals surface area (Å²) in [6, 6.07) is 10.3. The smallest absolute Gasteiger partial charge is 0.339 e. The third-order valence-corrected chi connectivity index (χ3v) is 3.80. The second-order valence-electron chi connectivity index (χ2n) is 5.40. The molecule has 0 bridgehead atoms. The number of hydrogen-bond acceptors (Lipinski definition) is 5. The fourth-order valence-corrected chi connectivity index (χ4v) is 2.46. The maximum Gasteiger partial charge on any atom is 0.339 e. The molecule has 0 atom stereocenters. The van der Waals surface area contributed by atoms with Crippen molar-refractivity contribution in [2.45, 2.75) is 13.3 Å². The summed E-state index contributed by atoms with van der Waals surface area (Å²) in [6.07, 6.45) is 0.141. The molecule has 0 aromatic heterocycles. The summed E-state index contributed by atoms with van der Waals surface area (Å²) in [4.78, 5) is 24.2. The Morgan fingerprint density at radius 1 is 1.00 bits per heavy atom. The Balaban J connectivity index is 2.20. The van der Waals surface area contributed by atoms with Gasteiger partial charge >= 0.3 is 5.97 Å². The van der Waals surface area contributed by atoms with Crippen LogP contribution in [0.5, 0.6) is 11.5 Å². The Hall–Kier alpha value is -3.02. The summed E-state index contributed by atoms with van der Waals surface area (Å²) in [5.74, 6) is 0.427. The number of nitrogens with one attached hydrogen (secondary N) is 1. The number of esters is 1. The van der Waals surface area contributed by atoms with E-state index in [0.717, 1.165) is 11.1 Å². The van der Waals surface area contributed by atoms with Crippen LogP contribution >= 0.6 is 0 Å². The van der Waals surface area contributed by atoms with Crippen molar-refractivity contribution in [1.29, 1.82) is 0 Å². The Morgan fingerprint density at radius 3 is 2.28 bits per heavy atom. The summed E-state index contributed by atoms with van der Waals surface area (Å²) >= 11 is 0. The number of amides is 1. The van der Waals surface area contributed by atoms with E-state index >= 15 is 0 Å². The van der Waals surface area contributed by atoms with E-state index in [1.54, 1.807) is 44.6 Å². The average Bonchev–Trinajstić information content (AvgIpc) is 2.62. The van der Waals surface area contributed by atoms with Crippen molar-refractivity contribution in [3.63, 3.8) is 0 Å². The first-order valence-corrected chi connectivity index (χ1v) is 7.68. The van der Waals surface area contributed by atoms with Gasteiger partial charge in [-0.15, -0.1) is 0 Å². The van der Waals surface area contributed by atoms with Crippen molar-refractivity contribution in [2.24, 2.45) is 0 Å². The van der Waals surface area contributed by atoms with Crippen LogP contribution in [0.1, 0.15) is 21.5 Å². The van der Waals surface area contributed by atoms with Gasteiger partial charge in [0.1, 0.15) is 0 Å². The van der Waals surface area contributed by atoms with Gasteiger partial charge < -0.3 is 19.5 Å². The van der Waals surface area contributed by atoms with Gasteiger partial charge in [-0.2, -0.15) is 0 Å². The highest BCUT2D eigenvalue weighted by atomic mass is 16.5. The number of para-hydroxylation sites is 1. The van der Waals surface area contributed by atoms with Crippen molar-refractivity contribution in [1.82, 2.24) is 0 Å². The van der Waals surface area contributed by atoms with Crippen LogP contribution in [0, 0.1) is 6.92 Å². The SMILES string of the molecule is COC(=O)c1ccccc1NC(=O)Cc1cc(OC)c(OC)cc1C. The number of ether oxygens (including phenoxy) is 3. The van der Waals surface area contributed by atoms with Crippen molar-refractivity contribution >= 4 is 17.6 Å². The highest BCUT2D eigenvalue weighted by Gasteiger charge is 2.15. The molecule has 0 spiro atoms. The molecule has 0 fully saturated rings. The summed E-state index contributed by atoms with van der Waals surface area (Å²) < 4.78 is 15.3. The zero-order chi connectivity index (χ0) is 18.4. The highest BCUT2D eigenvalue weighted by molar-refractivity contribution is 6.01. The minimum absolute atomic E-state index is 0.141. The van der Waals surface area contributed by atoms with Gasteiger partial charge in [0.2, 0.25) is 5.91 Å². The van der Waals surface area contributed by atoms with Crippen molar-refractivity contribution in [2.75, 3.05) is 26.6 Å². The van der Waals surface area contributed by atoms with Gasteiger partial charge in [-0.25, -0.2) is 4.79 Å². The minimum atomic E-state index is -0.502. The number of anilines is 1. The molecule has 0 aliphatic rings. The normalized spacial score (nSPS) is 10.1. The summed E-state index contributed by atoms with van der Waals surface area (Å²) in [6.45, 7) is 1.90. The maximum absolute atomic E-state index is 12.4. The number of methoxy groups -OCH3 is 3. The molecule has 2 aromatic rings. The van der Waals surface area contributed by atoms with Gasteiger partial charge in [0.15, 0.2) is 11.5 Å². The molecule has 0 heterocycles. The molecule has 25 heavy (non-hydrogen) atoms. The molecular formula is C19H21NO5. The molecule has 0 aliphatic carbocycles. The van der Waals surface area contributed by atoms with E-state index in [4.69, 9.17) is 14.2 Å². The van der Waals surface area contributed by atoms with Crippen LogP contribution in [0.15, 0.2) is 36.4 Å². The largest absolute Gasteiger partial charge is 0.493 e. The Morgan fingerprint density at radius 2 is 1.64 bits per heavy atom. The molecule has 6 heteroatoms. The average molecular weight is 343 g/mol. The van der Waals surface area contributed by atoms with Crippen LogP contribution in [0.3, 0.4) is 0 Å². The van der Waals surface area contributed by atoms with Crippen LogP contribution in [0.2, 0.25) is 0 Å². The minimum Gasteiger partial charge on any atom is -0.493 e. The second-order valence-corrected chi connectivity index (χ2v) is 5.40. The number of rotatable bonds is 6. The second kappa shape index (κ2) is 8.19. The monoisotopic (exact) mass is 343 g/mol. The molecule has 2 aromatic carbocycles. The van der Waals surface area contributed by atoms with Crippen molar-refractivity contribution in [3.05, 3.63) is 53.1 Å². The van der Waals surface area contributed by atoms with E-state index in [-0.39, 0.29) is 12.3 Å². The quantitative estimate of drug-likeness (QED) is 0.816. The van der Waals surface area contributed by atoms with Crippen molar-refractivity contribution in [3.8, 4) is 11.5 Å². The topological polar surface area (TPSA) is 73.9 Å². The lowest BCUT2D eigenvalue weighted by molar-refractivity contribution is -0.115. The first kappa shape index (κ1) is 18.3. The van der Waals surface area contributed by atoms with E-state index in [9.17, 15) is 9.59 Å². The molecule has 0 saturated heterocycles. The van der Waals surface area contributed by atoms with E-state index in [1.165, 1.54) is 7.11 Å². The van der Waals surface area contributed by atoms with Crippen LogP contribution in [-0.2, 0) is 16.0 Å². The highest BCUT2D eigenvalue weighted by Crippen LogP contribution is 2.30. The third kappa shape index (κ3) is 4.29. The van der Waals surface area contributed by atoms with Crippen LogP contribution in [0.25, 0.3) is 0 Å². The standard InChI is InChI=1S/C19H21NO5/c1-12-9-16(23-2)17(24-3)10-13(12)11-18(21)20-15-8-6-5-7-14(15)19(22)25-4/h5-10H,11H2,1-4H3,(H,20,21). The number of hydrogen-bond donors (Lipinski definition) is 1. The lowest BCUT2D eigenvalue weighted by atomic mass is 10.0. The van der Waals surface area contributed by atoms with Crippen molar-refractivity contribution < 1.29 is 23.8 Å². The van der Waals surface area contributed by atoms with Gasteiger partial charge in [-0.1, -0.05) is 12.1 Å². The zero-order valence-electron chi connectivity index (χ0n) is 14.7. The number of carbonyl (C=O) groups excluding carboxylic acids is 2. The molecule has 1 amide bonds. The number of carbonyl (C=O) groups is 2. The van der Waals surface area contributed by atoms with Gasteiger partial charge in [0.05, 0.1) is 39.0 Å². The first-order valence-electron chi connectivity index (χ1n) is 7.68. The maximum atomic E-state index is 12.4. The van der Waals surface area contributed by atoms with E-state index < -0.39 is 5.97 Å². The predicted octanol–water partition coefficient (Wildman–Crippen LogP) is 2.98. The lowest BCUT2D eigenvalue weighted by Gasteiger charge is -2.13. The Kier molecular flexibility index (Phi) is 6.00. The van der Waals surface area contributed by atoms with Gasteiger partial charge in [0.25, 0.3) is 0 Å². The predicted molar refractivity (Wildman–Crippen MR) is 94.4 cm³/mol. The van der Waals surface area contributed by atoms with Gasteiger partial charge in [-0.05, 0) is 42.3 Å². The molecule has 6 nitrogen and oxygen atoms in total. The van der Waals surface area contributed by atoms with Crippen LogP contribution < -0.4 is 14.8 Å². The van der Waals surface area contributed by atoms with Crippen LogP contribution in [0.4, 0.5) is 5.69 Å². The molecule has 0 aliphatic heterocycles. The molecule has 1 N–H and O–H groups in total. The van der Waals surface area contributed by atoms with E-state index in [1.807, 2.05) is 13.0 Å². The summed E-state index contributed by atoms with van der Waals surface area (Å²) in [7, 11) is 4.41. The molecule has 0 unspecified atom stereocenters. The van der Waals surface area contributed by atoms with E-state index in [2.05, 4.69) is 5.32 Å². The first-order chi connectivity index (χ1) is 12.0. The Labute approximate surface area is 146 Å². The van der Waals surface area contributed by atoms with Gasteiger partial charge in [0, 0.05) is 0 Å².